The van der Waals surface area contributed by atoms with Gasteiger partial charge in [-0.15, -0.1) is 0 Å². The monoisotopic (exact) mass is 490 g/mol. The normalized spacial score (nSPS) is 18.1. The van der Waals surface area contributed by atoms with Gasteiger partial charge >= 0.3 is 0 Å². The number of amides is 1. The summed E-state index contributed by atoms with van der Waals surface area (Å²) in [6.45, 7) is 2.47. The van der Waals surface area contributed by atoms with Crippen LogP contribution < -0.4 is 9.47 Å². The highest BCUT2D eigenvalue weighted by atomic mass is 35.5. The Bertz CT molecular complexity index is 1030. The Kier molecular flexibility index (Phi) is 7.72. The topological polar surface area (TPSA) is 42.0 Å². The number of hydrogen-bond donors (Lipinski definition) is 0. The number of fused-ring (bicyclic) bond motifs is 2. The van der Waals surface area contributed by atoms with Crippen LogP contribution in [0.25, 0.3) is 0 Å². The lowest BCUT2D eigenvalue weighted by Crippen LogP contribution is -2.39. The first-order chi connectivity index (χ1) is 15.9. The molecule has 0 fully saturated rings. The average Bonchev–Trinajstić information content (AvgIpc) is 2.96. The van der Waals surface area contributed by atoms with Gasteiger partial charge in [-0.3, -0.25) is 4.79 Å². The van der Waals surface area contributed by atoms with E-state index in [0.717, 1.165) is 63.1 Å². The number of carbonyl (C=O) groups is 1. The van der Waals surface area contributed by atoms with E-state index >= 15 is 0 Å². The van der Waals surface area contributed by atoms with E-state index in [1.165, 1.54) is 16.7 Å². The van der Waals surface area contributed by atoms with Crippen molar-refractivity contribution in [2.24, 2.45) is 0 Å². The highest BCUT2D eigenvalue weighted by Gasteiger charge is 2.25. The molecule has 0 N–H and O–H groups in total. The van der Waals surface area contributed by atoms with Crippen molar-refractivity contribution in [1.82, 2.24) is 9.80 Å². The lowest BCUT2D eigenvalue weighted by molar-refractivity contribution is -0.130. The molecule has 0 bridgehead atoms. The van der Waals surface area contributed by atoms with E-state index in [-0.39, 0.29) is 5.91 Å². The second kappa shape index (κ2) is 10.5. The van der Waals surface area contributed by atoms with Gasteiger partial charge in [-0.25, -0.2) is 0 Å². The third-order valence-corrected chi connectivity index (χ3v) is 7.78. The molecule has 1 aliphatic carbocycles. The SMILES string of the molecule is COc1cc2c(cc1OC)CC(=O)N(CCCN(C)C1CCc3cc(Cl)c(Cl)cc3C1)CC2. The Morgan fingerprint density at radius 3 is 2.30 bits per heavy atom. The molecule has 1 aliphatic heterocycles. The van der Waals surface area contributed by atoms with Gasteiger partial charge in [0, 0.05) is 19.1 Å². The lowest BCUT2D eigenvalue weighted by atomic mass is 9.87. The highest BCUT2D eigenvalue weighted by Crippen LogP contribution is 2.33. The van der Waals surface area contributed by atoms with E-state index in [2.05, 4.69) is 11.9 Å². The number of benzene rings is 2. The first-order valence-electron chi connectivity index (χ1n) is 11.6. The molecule has 0 saturated heterocycles. The summed E-state index contributed by atoms with van der Waals surface area (Å²) in [6.07, 6.45) is 5.33. The number of methoxy groups -OCH3 is 2. The van der Waals surface area contributed by atoms with Crippen molar-refractivity contribution in [3.8, 4) is 11.5 Å². The van der Waals surface area contributed by atoms with E-state index < -0.39 is 0 Å². The van der Waals surface area contributed by atoms with Crippen LogP contribution in [0.2, 0.25) is 10.0 Å². The molecule has 0 radical (unpaired) electrons. The quantitative estimate of drug-likeness (QED) is 0.557. The first-order valence-corrected chi connectivity index (χ1v) is 12.3. The largest absolute Gasteiger partial charge is 0.493 e. The third kappa shape index (κ3) is 5.42. The average molecular weight is 491 g/mol. The fraction of sp³-hybridized carbons (Fsp3) is 0.500. The van der Waals surface area contributed by atoms with Crippen molar-refractivity contribution in [3.63, 3.8) is 0 Å². The number of nitrogens with zero attached hydrogens (tertiary/aromatic N) is 2. The zero-order chi connectivity index (χ0) is 23.5. The van der Waals surface area contributed by atoms with Gasteiger partial charge in [0.25, 0.3) is 0 Å². The summed E-state index contributed by atoms with van der Waals surface area (Å²) in [6, 6.07) is 8.49. The van der Waals surface area contributed by atoms with Crippen molar-refractivity contribution in [2.45, 2.75) is 44.6 Å². The molecule has 0 aromatic heterocycles. The van der Waals surface area contributed by atoms with Crippen molar-refractivity contribution < 1.29 is 14.3 Å². The van der Waals surface area contributed by atoms with Gasteiger partial charge in [-0.05, 0) is 92.2 Å². The Morgan fingerprint density at radius 2 is 1.61 bits per heavy atom. The number of rotatable bonds is 7. The Balaban J connectivity index is 1.31. The van der Waals surface area contributed by atoms with Crippen molar-refractivity contribution in [2.75, 3.05) is 40.9 Å². The zero-order valence-electron chi connectivity index (χ0n) is 19.6. The molecule has 7 heteroatoms. The van der Waals surface area contributed by atoms with Crippen LogP contribution in [0.3, 0.4) is 0 Å². The van der Waals surface area contributed by atoms with E-state index in [9.17, 15) is 4.79 Å². The Morgan fingerprint density at radius 1 is 0.970 bits per heavy atom. The molecule has 178 valence electrons. The van der Waals surface area contributed by atoms with Crippen LogP contribution in [0.1, 0.15) is 35.1 Å². The van der Waals surface area contributed by atoms with Gasteiger partial charge in [-0.2, -0.15) is 0 Å². The molecular formula is C26H32Cl2N2O3. The van der Waals surface area contributed by atoms with Crippen LogP contribution in [0, 0.1) is 0 Å². The summed E-state index contributed by atoms with van der Waals surface area (Å²) >= 11 is 12.4. The van der Waals surface area contributed by atoms with Gasteiger partial charge < -0.3 is 19.3 Å². The first kappa shape index (κ1) is 24.2. The number of likely N-dealkylation sites (N-methyl/N-ethyl adjacent to an activating group) is 1. The minimum Gasteiger partial charge on any atom is -0.493 e. The number of ether oxygens (including phenoxy) is 2. The van der Waals surface area contributed by atoms with Crippen LogP contribution in [-0.4, -0.2) is 62.7 Å². The molecule has 1 amide bonds. The van der Waals surface area contributed by atoms with Crippen LogP contribution in [0.5, 0.6) is 11.5 Å². The summed E-state index contributed by atoms with van der Waals surface area (Å²) in [5.41, 5.74) is 4.83. The Labute approximate surface area is 206 Å². The van der Waals surface area contributed by atoms with Crippen molar-refractivity contribution in [3.05, 3.63) is 56.6 Å². The van der Waals surface area contributed by atoms with Gasteiger partial charge in [0.15, 0.2) is 11.5 Å². The summed E-state index contributed by atoms with van der Waals surface area (Å²) in [7, 11) is 5.45. The van der Waals surface area contributed by atoms with Gasteiger partial charge in [-0.1, -0.05) is 23.2 Å². The number of carbonyl (C=O) groups excluding carboxylic acids is 1. The van der Waals surface area contributed by atoms with Crippen LogP contribution in [-0.2, 0) is 30.5 Å². The molecule has 2 aromatic carbocycles. The van der Waals surface area contributed by atoms with Crippen molar-refractivity contribution >= 4 is 29.1 Å². The predicted octanol–water partition coefficient (Wildman–Crippen LogP) is 4.82. The highest BCUT2D eigenvalue weighted by molar-refractivity contribution is 6.42. The van der Waals surface area contributed by atoms with Crippen molar-refractivity contribution in [1.29, 1.82) is 0 Å². The van der Waals surface area contributed by atoms with E-state index in [0.29, 0.717) is 28.3 Å². The zero-order valence-corrected chi connectivity index (χ0v) is 21.1. The minimum absolute atomic E-state index is 0.182. The summed E-state index contributed by atoms with van der Waals surface area (Å²) in [4.78, 5) is 17.4. The van der Waals surface area contributed by atoms with E-state index in [4.69, 9.17) is 32.7 Å². The maximum atomic E-state index is 12.9. The van der Waals surface area contributed by atoms with E-state index in [1.54, 1.807) is 14.2 Å². The maximum Gasteiger partial charge on any atom is 0.227 e. The maximum absolute atomic E-state index is 12.9. The Hall–Kier alpha value is -1.95. The number of halogens is 2. The summed E-state index contributed by atoms with van der Waals surface area (Å²) in [5, 5.41) is 1.28. The predicted molar refractivity (Wildman–Crippen MR) is 133 cm³/mol. The fourth-order valence-electron chi connectivity index (χ4n) is 5.05. The van der Waals surface area contributed by atoms with E-state index in [1.807, 2.05) is 29.2 Å². The molecule has 4 rings (SSSR count). The molecule has 1 unspecified atom stereocenters. The molecule has 1 atom stereocenters. The molecule has 2 aliphatic rings. The smallest absolute Gasteiger partial charge is 0.227 e. The second-order valence-electron chi connectivity index (χ2n) is 9.05. The van der Waals surface area contributed by atoms with Crippen LogP contribution in [0.4, 0.5) is 0 Å². The second-order valence-corrected chi connectivity index (χ2v) is 9.86. The fourth-order valence-corrected chi connectivity index (χ4v) is 5.42. The molecule has 5 nitrogen and oxygen atoms in total. The molecule has 0 spiro atoms. The molecular weight excluding hydrogens is 459 g/mol. The van der Waals surface area contributed by atoms with Crippen LogP contribution in [0.15, 0.2) is 24.3 Å². The molecule has 0 saturated carbocycles. The standard InChI is InChI=1S/C26H32Cl2N2O3/c1-29(21-6-5-17-12-22(27)23(28)13-19(17)11-21)8-4-9-30-10-7-18-14-24(32-2)25(33-3)15-20(18)16-26(30)31/h12-15,21H,4-11,16H2,1-3H3. The summed E-state index contributed by atoms with van der Waals surface area (Å²) < 4.78 is 10.9. The summed E-state index contributed by atoms with van der Waals surface area (Å²) in [5.74, 6) is 1.58. The number of aryl methyl sites for hydroxylation is 1. The van der Waals surface area contributed by atoms with Gasteiger partial charge in [0.1, 0.15) is 0 Å². The molecule has 2 aromatic rings. The van der Waals surface area contributed by atoms with Crippen LogP contribution >= 0.6 is 23.2 Å². The minimum atomic E-state index is 0.182. The number of hydrogen-bond acceptors (Lipinski definition) is 4. The van der Waals surface area contributed by atoms with Gasteiger partial charge in [0.05, 0.1) is 30.7 Å². The molecule has 33 heavy (non-hydrogen) atoms. The lowest BCUT2D eigenvalue weighted by Gasteiger charge is -2.33. The molecule has 1 heterocycles. The third-order valence-electron chi connectivity index (χ3n) is 7.06. The van der Waals surface area contributed by atoms with Gasteiger partial charge in [0.2, 0.25) is 5.91 Å².